The third-order valence-electron chi connectivity index (χ3n) is 14.8. The lowest BCUT2D eigenvalue weighted by Gasteiger charge is -2.18. The van der Waals surface area contributed by atoms with Gasteiger partial charge in [0.25, 0.3) is 0 Å². The second-order valence-electron chi connectivity index (χ2n) is 22.4. The van der Waals surface area contributed by atoms with Crippen LogP contribution in [0.1, 0.15) is 355 Å². The Balaban J connectivity index is 4.23. The van der Waals surface area contributed by atoms with Crippen LogP contribution >= 0.6 is 0 Å². The summed E-state index contributed by atoms with van der Waals surface area (Å²) >= 11 is 0. The van der Waals surface area contributed by atoms with E-state index >= 15 is 0 Å². The third-order valence-corrected chi connectivity index (χ3v) is 14.8. The minimum atomic E-state index is -0.785. The number of unbranched alkanes of at least 4 members (excludes halogenated alkanes) is 42. The van der Waals surface area contributed by atoms with Gasteiger partial charge >= 0.3 is 17.9 Å². The zero-order valence-corrected chi connectivity index (χ0v) is 50.3. The van der Waals surface area contributed by atoms with Crippen LogP contribution in [-0.4, -0.2) is 37.2 Å². The second-order valence-corrected chi connectivity index (χ2v) is 22.4. The Morgan fingerprint density at radius 1 is 0.267 bits per heavy atom. The van der Waals surface area contributed by atoms with Crippen LogP contribution in [0.2, 0.25) is 0 Å². The van der Waals surface area contributed by atoms with E-state index in [0.717, 1.165) is 103 Å². The molecule has 0 N–H and O–H groups in total. The number of carbonyl (C=O) groups is 3. The predicted molar refractivity (Wildman–Crippen MR) is 325 cm³/mol. The van der Waals surface area contributed by atoms with E-state index in [1.54, 1.807) is 0 Å². The largest absolute Gasteiger partial charge is 0.462 e. The van der Waals surface area contributed by atoms with Crippen molar-refractivity contribution in [2.24, 2.45) is 0 Å². The maximum absolute atomic E-state index is 12.9. The van der Waals surface area contributed by atoms with Gasteiger partial charge in [0, 0.05) is 19.3 Å². The molecule has 0 aliphatic carbocycles. The molecule has 6 heteroatoms. The van der Waals surface area contributed by atoms with Crippen molar-refractivity contribution in [3.8, 4) is 0 Å². The summed E-state index contributed by atoms with van der Waals surface area (Å²) in [6, 6.07) is 0. The molecule has 0 radical (unpaired) electrons. The summed E-state index contributed by atoms with van der Waals surface area (Å²) in [5.74, 6) is -0.889. The predicted octanol–water partition coefficient (Wildman–Crippen LogP) is 22.6. The highest BCUT2D eigenvalue weighted by atomic mass is 16.6. The van der Waals surface area contributed by atoms with Crippen molar-refractivity contribution in [1.82, 2.24) is 0 Å². The van der Waals surface area contributed by atoms with Gasteiger partial charge in [-0.1, -0.05) is 301 Å². The third kappa shape index (κ3) is 62.1. The summed E-state index contributed by atoms with van der Waals surface area (Å²) in [5, 5.41) is 0. The Morgan fingerprint density at radius 3 is 0.760 bits per heavy atom. The zero-order valence-electron chi connectivity index (χ0n) is 50.3. The molecule has 0 aliphatic rings. The van der Waals surface area contributed by atoms with E-state index in [1.807, 2.05) is 0 Å². The van der Waals surface area contributed by atoms with E-state index in [2.05, 4.69) is 69.4 Å². The Kier molecular flexibility index (Phi) is 61.7. The zero-order chi connectivity index (χ0) is 54.3. The van der Waals surface area contributed by atoms with Crippen molar-refractivity contribution in [3.05, 3.63) is 48.6 Å². The molecule has 1 unspecified atom stereocenters. The van der Waals surface area contributed by atoms with Crippen LogP contribution in [0.15, 0.2) is 48.6 Å². The minimum absolute atomic E-state index is 0.0801. The average molecular weight is 1050 g/mol. The molecule has 0 aromatic heterocycles. The molecule has 0 rings (SSSR count). The molecule has 438 valence electrons. The van der Waals surface area contributed by atoms with Crippen LogP contribution in [-0.2, 0) is 28.6 Å². The number of esters is 3. The van der Waals surface area contributed by atoms with Crippen LogP contribution in [0.5, 0.6) is 0 Å². The van der Waals surface area contributed by atoms with Crippen molar-refractivity contribution in [1.29, 1.82) is 0 Å². The minimum Gasteiger partial charge on any atom is -0.462 e. The highest BCUT2D eigenvalue weighted by Crippen LogP contribution is 2.18. The summed E-state index contributed by atoms with van der Waals surface area (Å²) < 4.78 is 16.9. The van der Waals surface area contributed by atoms with Gasteiger partial charge in [-0.3, -0.25) is 14.4 Å². The van der Waals surface area contributed by atoms with Gasteiger partial charge < -0.3 is 14.2 Å². The number of rotatable bonds is 61. The quantitative estimate of drug-likeness (QED) is 0.0261. The molecule has 6 nitrogen and oxygen atoms in total. The van der Waals surface area contributed by atoms with Gasteiger partial charge in [-0.05, 0) is 83.5 Å². The van der Waals surface area contributed by atoms with Crippen molar-refractivity contribution in [2.75, 3.05) is 13.2 Å². The van der Waals surface area contributed by atoms with Crippen molar-refractivity contribution >= 4 is 17.9 Å². The fourth-order valence-electron chi connectivity index (χ4n) is 9.80. The number of allylic oxidation sites excluding steroid dienone is 8. The Morgan fingerprint density at radius 2 is 0.480 bits per heavy atom. The van der Waals surface area contributed by atoms with Gasteiger partial charge in [0.2, 0.25) is 0 Å². The van der Waals surface area contributed by atoms with Crippen LogP contribution < -0.4 is 0 Å². The molecule has 0 aliphatic heterocycles. The first-order valence-electron chi connectivity index (χ1n) is 33.1. The molecule has 0 spiro atoms. The summed E-state index contributed by atoms with van der Waals surface area (Å²) in [6.45, 7) is 6.62. The Bertz CT molecular complexity index is 1300. The lowest BCUT2D eigenvalue weighted by molar-refractivity contribution is -0.167. The van der Waals surface area contributed by atoms with Gasteiger partial charge in [-0.15, -0.1) is 0 Å². The molecule has 0 saturated carbocycles. The first kappa shape index (κ1) is 72.4. The highest BCUT2D eigenvalue weighted by molar-refractivity contribution is 5.71. The van der Waals surface area contributed by atoms with Crippen molar-refractivity contribution in [3.63, 3.8) is 0 Å². The number of ether oxygens (including phenoxy) is 3. The molecule has 0 aromatic rings. The van der Waals surface area contributed by atoms with E-state index in [9.17, 15) is 14.4 Å². The van der Waals surface area contributed by atoms with Crippen molar-refractivity contribution < 1.29 is 28.6 Å². The fourth-order valence-corrected chi connectivity index (χ4v) is 9.80. The normalized spacial score (nSPS) is 12.3. The van der Waals surface area contributed by atoms with Gasteiger partial charge in [-0.2, -0.15) is 0 Å². The van der Waals surface area contributed by atoms with Gasteiger partial charge in [0.05, 0.1) is 0 Å². The number of hydrogen-bond acceptors (Lipinski definition) is 6. The maximum atomic E-state index is 12.9. The van der Waals surface area contributed by atoms with Crippen LogP contribution in [0, 0.1) is 0 Å². The fraction of sp³-hybridized carbons (Fsp3) is 0.841. The molecule has 0 bridgehead atoms. The number of carbonyl (C=O) groups excluding carboxylic acids is 3. The molecule has 0 amide bonds. The summed E-state index contributed by atoms with van der Waals surface area (Å²) in [6.07, 6.45) is 79.9. The smallest absolute Gasteiger partial charge is 0.306 e. The maximum Gasteiger partial charge on any atom is 0.306 e. The molecule has 0 heterocycles. The van der Waals surface area contributed by atoms with Crippen LogP contribution in [0.25, 0.3) is 0 Å². The lowest BCUT2D eigenvalue weighted by atomic mass is 10.0. The van der Waals surface area contributed by atoms with Crippen molar-refractivity contribution in [2.45, 2.75) is 361 Å². The standard InChI is InChI=1S/C69H126O6/c1-4-7-10-13-16-19-22-25-28-29-30-31-32-33-34-35-36-37-38-39-42-44-47-50-53-56-59-62-68(71)74-65-66(75-69(72)63-60-57-54-51-48-45-41-27-24-21-18-15-12-9-6-3)64-73-67(70)61-58-55-52-49-46-43-40-26-23-20-17-14-11-8-5-2/h17-18,20-21,26-27,40-41,66H,4-16,19,22-25,28-39,42-65H2,1-3H3/b20-17-,21-18-,40-26-,41-27-. The summed E-state index contributed by atoms with van der Waals surface area (Å²) in [4.78, 5) is 38.3. The lowest BCUT2D eigenvalue weighted by Crippen LogP contribution is -2.30. The van der Waals surface area contributed by atoms with E-state index < -0.39 is 6.10 Å². The van der Waals surface area contributed by atoms with E-state index in [0.29, 0.717) is 19.3 Å². The van der Waals surface area contributed by atoms with Gasteiger partial charge in [-0.25, -0.2) is 0 Å². The summed E-state index contributed by atoms with van der Waals surface area (Å²) in [5.41, 5.74) is 0. The van der Waals surface area contributed by atoms with E-state index in [4.69, 9.17) is 14.2 Å². The Labute approximate surface area is 467 Å². The molecular formula is C69H126O6. The van der Waals surface area contributed by atoms with Gasteiger partial charge in [0.15, 0.2) is 6.10 Å². The van der Waals surface area contributed by atoms with E-state index in [-0.39, 0.29) is 31.1 Å². The first-order valence-corrected chi connectivity index (χ1v) is 33.1. The highest BCUT2D eigenvalue weighted by Gasteiger charge is 2.19. The van der Waals surface area contributed by atoms with Crippen LogP contribution in [0.3, 0.4) is 0 Å². The molecule has 0 fully saturated rings. The molecular weight excluding hydrogens is 925 g/mol. The van der Waals surface area contributed by atoms with Gasteiger partial charge in [0.1, 0.15) is 13.2 Å². The second kappa shape index (κ2) is 63.9. The first-order chi connectivity index (χ1) is 37.0. The van der Waals surface area contributed by atoms with Crippen LogP contribution in [0.4, 0.5) is 0 Å². The topological polar surface area (TPSA) is 78.9 Å². The summed E-state index contributed by atoms with van der Waals surface area (Å²) in [7, 11) is 0. The number of hydrogen-bond donors (Lipinski definition) is 0. The molecule has 0 saturated heterocycles. The molecule has 0 aromatic carbocycles. The molecule has 75 heavy (non-hydrogen) atoms. The SMILES string of the molecule is CCCCC/C=C\C/C=C\CCCCCCCC(=O)OCC(COC(=O)CCCCCCCCCCCCCCCCCCCCCCCCCCCCC)OC(=O)CCCCCCC/C=C\C/C=C\CCCCC. The Hall–Kier alpha value is -2.63. The van der Waals surface area contributed by atoms with E-state index in [1.165, 1.54) is 212 Å². The average Bonchev–Trinajstić information content (AvgIpc) is 3.41. The molecule has 1 atom stereocenters. The monoisotopic (exact) mass is 1050 g/mol.